The molecule has 0 aliphatic heterocycles. The Balaban J connectivity index is 2.24. The minimum absolute atomic E-state index is 0.192. The fourth-order valence-electron chi connectivity index (χ4n) is 4.13. The van der Waals surface area contributed by atoms with E-state index in [0.717, 1.165) is 36.8 Å². The average Bonchev–Trinajstić information content (AvgIpc) is 2.62. The van der Waals surface area contributed by atoms with Gasteiger partial charge in [-0.25, -0.2) is 0 Å². The molecule has 0 aliphatic rings. The van der Waals surface area contributed by atoms with Crippen LogP contribution < -0.4 is 0 Å². The van der Waals surface area contributed by atoms with Crippen molar-refractivity contribution < 1.29 is 10.2 Å². The number of hydrogen-bond donors (Lipinski definition) is 2. The molecule has 0 fully saturated rings. The molecule has 0 aliphatic carbocycles. The Bertz CT molecular complexity index is 802. The summed E-state index contributed by atoms with van der Waals surface area (Å²) in [4.78, 5) is 0. The molecule has 172 valence electrons. The Hall–Kier alpha value is -1.53. The summed E-state index contributed by atoms with van der Waals surface area (Å²) in [5.41, 5.74) is 4.35. The van der Waals surface area contributed by atoms with Crippen molar-refractivity contribution in [2.45, 2.75) is 96.3 Å². The maximum absolute atomic E-state index is 10.4. The van der Waals surface area contributed by atoms with Crippen LogP contribution in [0.2, 0.25) is 51.4 Å². The Kier molecular flexibility index (Phi) is 8.26. The summed E-state index contributed by atoms with van der Waals surface area (Å²) in [7, 11) is -2.14. The van der Waals surface area contributed by atoms with Crippen LogP contribution in [0.4, 0.5) is 0 Å². The molecule has 0 spiro atoms. The highest BCUT2D eigenvalue weighted by atomic mass is 28.3. The Morgan fingerprint density at radius 2 is 1.00 bits per heavy atom. The number of rotatable bonds is 10. The van der Waals surface area contributed by atoms with E-state index in [1.807, 2.05) is 12.1 Å². The Morgan fingerprint density at radius 1 is 0.645 bits per heavy atom. The van der Waals surface area contributed by atoms with Crippen molar-refractivity contribution in [1.82, 2.24) is 0 Å². The van der Waals surface area contributed by atoms with Gasteiger partial charge in [0.1, 0.15) is 11.5 Å². The summed E-state index contributed by atoms with van der Waals surface area (Å²) >= 11 is 0. The van der Waals surface area contributed by atoms with Gasteiger partial charge in [0.2, 0.25) is 0 Å². The molecule has 0 bridgehead atoms. The van der Waals surface area contributed by atoms with Gasteiger partial charge in [0, 0.05) is 21.6 Å². The number of aryl methyl sites for hydroxylation is 2. The number of aromatic hydroxyl groups is 2. The lowest BCUT2D eigenvalue weighted by Crippen LogP contribution is -2.20. The topological polar surface area (TPSA) is 40.5 Å². The van der Waals surface area contributed by atoms with Crippen LogP contribution in [-0.2, 0) is 18.3 Å². The Morgan fingerprint density at radius 3 is 1.32 bits per heavy atom. The van der Waals surface area contributed by atoms with Gasteiger partial charge in [-0.2, -0.15) is 0 Å². The van der Waals surface area contributed by atoms with Crippen molar-refractivity contribution in [3.05, 3.63) is 58.7 Å². The lowest BCUT2D eigenvalue weighted by Gasteiger charge is -2.28. The highest BCUT2D eigenvalue weighted by Gasteiger charge is 2.25. The maximum atomic E-state index is 10.4. The summed E-state index contributed by atoms with van der Waals surface area (Å²) in [6.07, 6.45) is 4.12. The van der Waals surface area contributed by atoms with Crippen LogP contribution in [0.25, 0.3) is 0 Å². The van der Waals surface area contributed by atoms with Crippen molar-refractivity contribution in [2.24, 2.45) is 0 Å². The molecule has 0 saturated heterocycles. The molecule has 2 aromatic rings. The molecular formula is C27H44O2Si2. The third-order valence-corrected chi connectivity index (χ3v) is 10.1. The van der Waals surface area contributed by atoms with Crippen molar-refractivity contribution in [3.8, 4) is 11.5 Å². The standard InChI is InChI=1S/C27H44O2Si2/c1-27(2,23-13-15-25(28)21(19-23)11-9-17-30(3,4)5)24-14-16-26(29)22(20-24)12-10-18-31(6,7)8/h13-16,19-20,28-29H,9-12,17-18H2,1-8H3. The Labute approximate surface area is 192 Å². The first-order valence-corrected chi connectivity index (χ1v) is 19.3. The van der Waals surface area contributed by atoms with E-state index in [9.17, 15) is 10.2 Å². The molecule has 0 saturated carbocycles. The van der Waals surface area contributed by atoms with Crippen molar-refractivity contribution >= 4 is 16.1 Å². The molecule has 0 heterocycles. The monoisotopic (exact) mass is 456 g/mol. The highest BCUT2D eigenvalue weighted by molar-refractivity contribution is 6.76. The largest absolute Gasteiger partial charge is 0.508 e. The van der Waals surface area contributed by atoms with Gasteiger partial charge in [-0.15, -0.1) is 0 Å². The first kappa shape index (κ1) is 25.7. The minimum Gasteiger partial charge on any atom is -0.508 e. The maximum Gasteiger partial charge on any atom is 0.118 e. The quantitative estimate of drug-likeness (QED) is 0.356. The van der Waals surface area contributed by atoms with E-state index in [-0.39, 0.29) is 5.41 Å². The zero-order valence-corrected chi connectivity index (χ0v) is 23.1. The zero-order valence-electron chi connectivity index (χ0n) is 21.1. The van der Waals surface area contributed by atoms with Crippen LogP contribution in [0.5, 0.6) is 11.5 Å². The van der Waals surface area contributed by atoms with Crippen LogP contribution in [-0.4, -0.2) is 26.4 Å². The molecule has 2 N–H and O–H groups in total. The third kappa shape index (κ3) is 7.83. The van der Waals surface area contributed by atoms with Gasteiger partial charge < -0.3 is 10.2 Å². The number of phenolic OH excluding ortho intramolecular Hbond substituents is 2. The van der Waals surface area contributed by atoms with E-state index < -0.39 is 16.1 Å². The number of benzene rings is 2. The van der Waals surface area contributed by atoms with Crippen LogP contribution in [0.3, 0.4) is 0 Å². The second kappa shape index (κ2) is 9.95. The molecule has 0 amide bonds. The fourth-order valence-corrected chi connectivity index (χ4v) is 6.61. The fraction of sp³-hybridized carbons (Fsp3) is 0.556. The lowest BCUT2D eigenvalue weighted by molar-refractivity contribution is 0.465. The van der Waals surface area contributed by atoms with Gasteiger partial charge in [0.25, 0.3) is 0 Å². The SMILES string of the molecule is CC(C)(c1ccc(O)c(CCC[Si](C)(C)C)c1)c1ccc(O)c(CCC[Si](C)(C)C)c1. The van der Waals surface area contributed by atoms with Crippen LogP contribution in [0.15, 0.2) is 36.4 Å². The van der Waals surface area contributed by atoms with E-state index in [0.29, 0.717) is 11.5 Å². The summed E-state index contributed by atoms with van der Waals surface area (Å²) in [5, 5.41) is 20.9. The van der Waals surface area contributed by atoms with E-state index in [2.05, 4.69) is 77.4 Å². The second-order valence-electron chi connectivity index (χ2n) is 12.1. The minimum atomic E-state index is -1.07. The summed E-state index contributed by atoms with van der Waals surface area (Å²) < 4.78 is 0. The summed E-state index contributed by atoms with van der Waals surface area (Å²) in [6.45, 7) is 18.9. The number of hydrogen-bond acceptors (Lipinski definition) is 2. The molecule has 0 unspecified atom stereocenters. The van der Waals surface area contributed by atoms with Gasteiger partial charge in [0.15, 0.2) is 0 Å². The molecule has 2 rings (SSSR count). The predicted octanol–water partition coefficient (Wildman–Crippen LogP) is 7.97. The molecule has 0 aromatic heterocycles. The van der Waals surface area contributed by atoms with E-state index >= 15 is 0 Å². The first-order valence-electron chi connectivity index (χ1n) is 11.8. The highest BCUT2D eigenvalue weighted by Crippen LogP contribution is 2.36. The van der Waals surface area contributed by atoms with Crippen LogP contribution in [0.1, 0.15) is 48.9 Å². The molecule has 2 nitrogen and oxygen atoms in total. The number of phenols is 2. The smallest absolute Gasteiger partial charge is 0.118 e. The first-order chi connectivity index (χ1) is 14.2. The summed E-state index contributed by atoms with van der Waals surface area (Å²) in [6, 6.07) is 14.8. The van der Waals surface area contributed by atoms with Gasteiger partial charge in [-0.1, -0.05) is 102 Å². The van der Waals surface area contributed by atoms with Crippen molar-refractivity contribution in [1.29, 1.82) is 0 Å². The van der Waals surface area contributed by atoms with E-state index in [1.165, 1.54) is 23.2 Å². The summed E-state index contributed by atoms with van der Waals surface area (Å²) in [5.74, 6) is 0.820. The van der Waals surface area contributed by atoms with Crippen LogP contribution >= 0.6 is 0 Å². The van der Waals surface area contributed by atoms with Gasteiger partial charge in [-0.05, 0) is 47.2 Å². The molecule has 31 heavy (non-hydrogen) atoms. The van der Waals surface area contributed by atoms with Crippen LogP contribution in [0, 0.1) is 0 Å². The molecule has 0 atom stereocenters. The predicted molar refractivity (Wildman–Crippen MR) is 141 cm³/mol. The molecule has 4 heteroatoms. The zero-order chi connectivity index (χ0) is 23.4. The average molecular weight is 457 g/mol. The van der Waals surface area contributed by atoms with E-state index in [4.69, 9.17) is 0 Å². The molecule has 0 radical (unpaired) electrons. The lowest BCUT2D eigenvalue weighted by atomic mass is 9.76. The van der Waals surface area contributed by atoms with Gasteiger partial charge >= 0.3 is 0 Å². The third-order valence-electron chi connectivity index (χ3n) is 6.35. The van der Waals surface area contributed by atoms with Crippen molar-refractivity contribution in [2.75, 3.05) is 0 Å². The second-order valence-corrected chi connectivity index (χ2v) is 23.4. The van der Waals surface area contributed by atoms with E-state index in [1.54, 1.807) is 0 Å². The van der Waals surface area contributed by atoms with Gasteiger partial charge in [0.05, 0.1) is 0 Å². The normalized spacial score (nSPS) is 12.9. The van der Waals surface area contributed by atoms with Crippen molar-refractivity contribution in [3.63, 3.8) is 0 Å². The molecular weight excluding hydrogens is 412 g/mol. The molecule has 2 aromatic carbocycles. The van der Waals surface area contributed by atoms with Gasteiger partial charge in [-0.3, -0.25) is 0 Å².